The van der Waals surface area contributed by atoms with E-state index in [1.54, 1.807) is 11.3 Å². The summed E-state index contributed by atoms with van der Waals surface area (Å²) in [6.07, 6.45) is 0. The Kier molecular flexibility index (Phi) is 2.62. The number of thiophene rings is 1. The monoisotopic (exact) mass is 279 g/mol. The zero-order chi connectivity index (χ0) is 13.5. The molecule has 4 rings (SSSR count). The van der Waals surface area contributed by atoms with Crippen LogP contribution in [0.2, 0.25) is 0 Å². The molecule has 2 N–H and O–H groups in total. The minimum Gasteiger partial charge on any atom is -0.456 e. The highest BCUT2D eigenvalue weighted by atomic mass is 32.1. The third-order valence-corrected chi connectivity index (χ3v) is 4.36. The number of fused-ring (bicyclic) bond motifs is 3. The molecule has 0 fully saturated rings. The molecule has 0 spiro atoms. The Morgan fingerprint density at radius 2 is 1.75 bits per heavy atom. The third-order valence-electron chi connectivity index (χ3n) is 3.66. The number of furan rings is 1. The van der Waals surface area contributed by atoms with Crippen molar-refractivity contribution in [1.82, 2.24) is 0 Å². The highest BCUT2D eigenvalue weighted by Crippen LogP contribution is 2.31. The van der Waals surface area contributed by atoms with Crippen molar-refractivity contribution in [1.29, 1.82) is 0 Å². The Morgan fingerprint density at radius 1 is 0.900 bits per heavy atom. The highest BCUT2D eigenvalue weighted by molar-refractivity contribution is 7.08. The zero-order valence-electron chi connectivity index (χ0n) is 10.7. The molecule has 2 aromatic carbocycles. The summed E-state index contributed by atoms with van der Waals surface area (Å²) in [6, 6.07) is 16.3. The number of hydrogen-bond acceptors (Lipinski definition) is 3. The summed E-state index contributed by atoms with van der Waals surface area (Å²) in [6.45, 7) is 0. The maximum atomic E-state index is 6.34. The molecule has 3 heteroatoms. The van der Waals surface area contributed by atoms with Crippen LogP contribution in [-0.4, -0.2) is 0 Å². The first kappa shape index (κ1) is 11.7. The van der Waals surface area contributed by atoms with Gasteiger partial charge in [0.15, 0.2) is 0 Å². The Hall–Kier alpha value is -2.10. The Bertz CT molecular complexity index is 876. The zero-order valence-corrected chi connectivity index (χ0v) is 11.6. The van der Waals surface area contributed by atoms with Crippen molar-refractivity contribution in [2.45, 2.75) is 6.04 Å². The first-order valence-electron chi connectivity index (χ1n) is 6.52. The Balaban J connectivity index is 1.91. The van der Waals surface area contributed by atoms with Crippen molar-refractivity contribution in [2.75, 3.05) is 0 Å². The third kappa shape index (κ3) is 1.75. The lowest BCUT2D eigenvalue weighted by Gasteiger charge is -2.10. The number of hydrogen-bond donors (Lipinski definition) is 1. The van der Waals surface area contributed by atoms with E-state index in [2.05, 4.69) is 29.0 Å². The number of nitrogens with two attached hydrogens (primary N) is 1. The van der Waals surface area contributed by atoms with Gasteiger partial charge in [0, 0.05) is 10.8 Å². The predicted molar refractivity (Wildman–Crippen MR) is 84.1 cm³/mol. The van der Waals surface area contributed by atoms with Gasteiger partial charge >= 0.3 is 0 Å². The molecule has 20 heavy (non-hydrogen) atoms. The van der Waals surface area contributed by atoms with Crippen LogP contribution in [0.5, 0.6) is 0 Å². The molecule has 2 nitrogen and oxygen atoms in total. The molecule has 0 amide bonds. The summed E-state index contributed by atoms with van der Waals surface area (Å²) < 4.78 is 5.84. The summed E-state index contributed by atoms with van der Waals surface area (Å²) in [5.74, 6) is 0. The molecule has 0 radical (unpaired) electrons. The van der Waals surface area contributed by atoms with Gasteiger partial charge in [-0.2, -0.15) is 11.3 Å². The lowest BCUT2D eigenvalue weighted by molar-refractivity contribution is 0.668. The molecule has 0 aliphatic heterocycles. The van der Waals surface area contributed by atoms with Crippen LogP contribution in [0, 0.1) is 0 Å². The lowest BCUT2D eigenvalue weighted by Crippen LogP contribution is -2.10. The van der Waals surface area contributed by atoms with Gasteiger partial charge in [0.25, 0.3) is 0 Å². The van der Waals surface area contributed by atoms with Crippen LogP contribution in [-0.2, 0) is 0 Å². The van der Waals surface area contributed by atoms with E-state index in [4.69, 9.17) is 10.2 Å². The van der Waals surface area contributed by atoms with Crippen LogP contribution in [0.15, 0.2) is 63.7 Å². The first-order chi connectivity index (χ1) is 9.83. The van der Waals surface area contributed by atoms with Crippen molar-refractivity contribution in [3.8, 4) is 0 Å². The van der Waals surface area contributed by atoms with E-state index >= 15 is 0 Å². The van der Waals surface area contributed by atoms with Gasteiger partial charge in [0.05, 0.1) is 6.04 Å². The van der Waals surface area contributed by atoms with Gasteiger partial charge in [-0.05, 0) is 46.2 Å². The van der Waals surface area contributed by atoms with Gasteiger partial charge < -0.3 is 10.2 Å². The summed E-state index contributed by atoms with van der Waals surface area (Å²) in [5.41, 5.74) is 10.4. The van der Waals surface area contributed by atoms with E-state index < -0.39 is 0 Å². The molecule has 2 heterocycles. The van der Waals surface area contributed by atoms with Crippen molar-refractivity contribution >= 4 is 33.3 Å². The second-order valence-corrected chi connectivity index (χ2v) is 5.67. The molecule has 1 unspecified atom stereocenters. The van der Waals surface area contributed by atoms with E-state index in [-0.39, 0.29) is 6.04 Å². The maximum absolute atomic E-state index is 6.34. The molecule has 0 aliphatic rings. The minimum absolute atomic E-state index is 0.0840. The number of para-hydroxylation sites is 1. The van der Waals surface area contributed by atoms with Crippen LogP contribution in [0.3, 0.4) is 0 Å². The SMILES string of the molecule is NC(c1ccsc1)c1ccc2oc3ccccc3c2c1. The quantitative estimate of drug-likeness (QED) is 0.578. The van der Waals surface area contributed by atoms with Gasteiger partial charge in [0.1, 0.15) is 11.2 Å². The fourth-order valence-electron chi connectivity index (χ4n) is 2.58. The van der Waals surface area contributed by atoms with Gasteiger partial charge in [-0.25, -0.2) is 0 Å². The first-order valence-corrected chi connectivity index (χ1v) is 7.46. The van der Waals surface area contributed by atoms with Gasteiger partial charge in [0.2, 0.25) is 0 Å². The van der Waals surface area contributed by atoms with E-state index in [1.165, 1.54) is 0 Å². The lowest BCUT2D eigenvalue weighted by atomic mass is 10.00. The van der Waals surface area contributed by atoms with Crippen molar-refractivity contribution in [3.05, 3.63) is 70.4 Å². The molecule has 0 saturated carbocycles. The summed E-state index contributed by atoms with van der Waals surface area (Å²) in [4.78, 5) is 0. The van der Waals surface area contributed by atoms with Crippen molar-refractivity contribution in [3.63, 3.8) is 0 Å². The summed E-state index contributed by atoms with van der Waals surface area (Å²) in [7, 11) is 0. The molecule has 2 aromatic heterocycles. The Morgan fingerprint density at radius 3 is 2.60 bits per heavy atom. The summed E-state index contributed by atoms with van der Waals surface area (Å²) in [5, 5.41) is 6.43. The normalized spacial score (nSPS) is 13.1. The van der Waals surface area contributed by atoms with E-state index in [0.29, 0.717) is 0 Å². The summed E-state index contributed by atoms with van der Waals surface area (Å²) >= 11 is 1.67. The van der Waals surface area contributed by atoms with Crippen molar-refractivity contribution < 1.29 is 4.42 Å². The average Bonchev–Trinajstić information content (AvgIpc) is 3.13. The number of benzene rings is 2. The van der Waals surface area contributed by atoms with E-state index in [1.807, 2.05) is 30.3 Å². The van der Waals surface area contributed by atoms with Crippen molar-refractivity contribution in [2.24, 2.45) is 5.73 Å². The molecular formula is C17H13NOS. The average molecular weight is 279 g/mol. The predicted octanol–water partition coefficient (Wildman–Crippen LogP) is 4.70. The van der Waals surface area contributed by atoms with Crippen LogP contribution in [0.1, 0.15) is 17.2 Å². The van der Waals surface area contributed by atoms with Gasteiger partial charge in [-0.3, -0.25) is 0 Å². The molecule has 0 aliphatic carbocycles. The smallest absolute Gasteiger partial charge is 0.135 e. The highest BCUT2D eigenvalue weighted by Gasteiger charge is 2.12. The van der Waals surface area contributed by atoms with Crippen LogP contribution < -0.4 is 5.73 Å². The second kappa shape index (κ2) is 4.47. The van der Waals surface area contributed by atoms with E-state index in [9.17, 15) is 0 Å². The van der Waals surface area contributed by atoms with Crippen LogP contribution in [0.4, 0.5) is 0 Å². The Labute approximate surface area is 120 Å². The standard InChI is InChI=1S/C17H13NOS/c18-17(12-7-8-20-10-12)11-5-6-16-14(9-11)13-3-1-2-4-15(13)19-16/h1-10,17H,18H2. The number of rotatable bonds is 2. The van der Waals surface area contributed by atoms with Crippen LogP contribution >= 0.6 is 11.3 Å². The maximum Gasteiger partial charge on any atom is 0.135 e. The molecular weight excluding hydrogens is 266 g/mol. The largest absolute Gasteiger partial charge is 0.456 e. The molecule has 1 atom stereocenters. The van der Waals surface area contributed by atoms with E-state index in [0.717, 1.165) is 33.1 Å². The second-order valence-electron chi connectivity index (χ2n) is 4.89. The molecule has 4 aromatic rings. The van der Waals surface area contributed by atoms with Gasteiger partial charge in [-0.1, -0.05) is 24.3 Å². The molecule has 98 valence electrons. The molecule has 0 bridgehead atoms. The minimum atomic E-state index is -0.0840. The van der Waals surface area contributed by atoms with Gasteiger partial charge in [-0.15, -0.1) is 0 Å². The fraction of sp³-hybridized carbons (Fsp3) is 0.0588. The topological polar surface area (TPSA) is 39.2 Å². The molecule has 0 saturated heterocycles. The fourth-order valence-corrected chi connectivity index (χ4v) is 3.28. The van der Waals surface area contributed by atoms with Crippen LogP contribution in [0.25, 0.3) is 21.9 Å².